The maximum atomic E-state index is 13.3. The quantitative estimate of drug-likeness (QED) is 0.361. The second-order valence-corrected chi connectivity index (χ2v) is 10.6. The van der Waals surface area contributed by atoms with Crippen LogP contribution in [0.1, 0.15) is 52.0 Å². The molecule has 2 aromatic rings. The number of unbranched alkanes of at least 4 members (excludes halogenated alkanes) is 1. The zero-order valence-corrected chi connectivity index (χ0v) is 22.6. The van der Waals surface area contributed by atoms with E-state index in [0.717, 1.165) is 24.7 Å². The summed E-state index contributed by atoms with van der Waals surface area (Å²) in [6.45, 7) is 7.19. The minimum Gasteiger partial charge on any atom is -0.494 e. The summed E-state index contributed by atoms with van der Waals surface area (Å²) >= 11 is 0. The van der Waals surface area contributed by atoms with E-state index >= 15 is 0 Å². The fourth-order valence-corrected chi connectivity index (χ4v) is 4.74. The van der Waals surface area contributed by atoms with Gasteiger partial charge in [-0.25, -0.2) is 8.42 Å². The molecule has 0 aliphatic heterocycles. The van der Waals surface area contributed by atoms with E-state index in [-0.39, 0.29) is 24.8 Å². The van der Waals surface area contributed by atoms with Crippen molar-refractivity contribution in [3.63, 3.8) is 0 Å². The van der Waals surface area contributed by atoms with Crippen LogP contribution in [0.15, 0.2) is 54.6 Å². The Balaban J connectivity index is 2.10. The Hall–Kier alpha value is -3.07. The highest BCUT2D eigenvalue weighted by molar-refractivity contribution is 7.92. The molecule has 0 heterocycles. The van der Waals surface area contributed by atoms with Crippen LogP contribution >= 0.6 is 0 Å². The van der Waals surface area contributed by atoms with Crippen LogP contribution < -0.4 is 14.4 Å². The van der Waals surface area contributed by atoms with Gasteiger partial charge in [-0.2, -0.15) is 0 Å². The molecule has 0 saturated carbocycles. The number of hydrogen-bond donors (Lipinski definition) is 1. The van der Waals surface area contributed by atoms with Crippen molar-refractivity contribution < 1.29 is 22.7 Å². The van der Waals surface area contributed by atoms with Gasteiger partial charge in [0.15, 0.2) is 0 Å². The van der Waals surface area contributed by atoms with Crippen LogP contribution in [0, 0.1) is 0 Å². The Kier molecular flexibility index (Phi) is 11.7. The highest BCUT2D eigenvalue weighted by Gasteiger charge is 2.26. The lowest BCUT2D eigenvalue weighted by molar-refractivity contribution is -0.140. The maximum Gasteiger partial charge on any atom is 0.242 e. The average Bonchev–Trinajstić information content (AvgIpc) is 2.85. The third-order valence-electron chi connectivity index (χ3n) is 5.78. The van der Waals surface area contributed by atoms with Crippen molar-refractivity contribution in [2.45, 2.75) is 59.0 Å². The van der Waals surface area contributed by atoms with Gasteiger partial charge in [0.1, 0.15) is 11.8 Å². The molecular weight excluding hydrogens is 478 g/mol. The van der Waals surface area contributed by atoms with E-state index in [2.05, 4.69) is 5.32 Å². The first kappa shape index (κ1) is 29.2. The van der Waals surface area contributed by atoms with E-state index in [1.165, 1.54) is 4.31 Å². The molecule has 0 aliphatic carbocycles. The second-order valence-electron chi connectivity index (χ2n) is 8.69. The molecule has 0 bridgehead atoms. The smallest absolute Gasteiger partial charge is 0.242 e. The van der Waals surface area contributed by atoms with E-state index in [4.69, 9.17) is 4.74 Å². The fourth-order valence-electron chi connectivity index (χ4n) is 3.78. The Labute approximate surface area is 215 Å². The van der Waals surface area contributed by atoms with Crippen molar-refractivity contribution in [3.05, 3.63) is 60.2 Å². The topological polar surface area (TPSA) is 96.0 Å². The lowest BCUT2D eigenvalue weighted by Gasteiger charge is -2.29. The van der Waals surface area contributed by atoms with Gasteiger partial charge in [0.2, 0.25) is 21.8 Å². The first-order chi connectivity index (χ1) is 17.2. The van der Waals surface area contributed by atoms with Gasteiger partial charge in [0, 0.05) is 26.1 Å². The van der Waals surface area contributed by atoms with E-state index in [1.807, 2.05) is 44.2 Å². The number of nitrogens with zero attached hydrogens (tertiary/aromatic N) is 2. The molecule has 0 radical (unpaired) electrons. The summed E-state index contributed by atoms with van der Waals surface area (Å²) < 4.78 is 31.7. The molecule has 0 spiro atoms. The van der Waals surface area contributed by atoms with Crippen LogP contribution in [0.2, 0.25) is 0 Å². The molecule has 8 nitrogen and oxygen atoms in total. The van der Waals surface area contributed by atoms with Crippen molar-refractivity contribution in [1.82, 2.24) is 10.2 Å². The number of ether oxygens (including phenoxy) is 1. The number of carbonyl (C=O) groups excluding carboxylic acids is 2. The third-order valence-corrected chi connectivity index (χ3v) is 6.97. The van der Waals surface area contributed by atoms with E-state index < -0.39 is 16.1 Å². The molecular formula is C27H39N3O5S. The first-order valence-corrected chi connectivity index (χ1v) is 14.3. The molecule has 0 fully saturated rings. The van der Waals surface area contributed by atoms with Crippen molar-refractivity contribution in [3.8, 4) is 5.75 Å². The number of hydrogen-bond acceptors (Lipinski definition) is 5. The normalized spacial score (nSPS) is 12.0. The van der Waals surface area contributed by atoms with Crippen LogP contribution in [-0.2, 0) is 26.2 Å². The lowest BCUT2D eigenvalue weighted by Crippen LogP contribution is -2.47. The van der Waals surface area contributed by atoms with Crippen LogP contribution in [0.4, 0.5) is 5.69 Å². The molecule has 198 valence electrons. The summed E-state index contributed by atoms with van der Waals surface area (Å²) in [7, 11) is -3.55. The van der Waals surface area contributed by atoms with Gasteiger partial charge in [0.05, 0.1) is 18.6 Å². The predicted molar refractivity (Wildman–Crippen MR) is 143 cm³/mol. The number of amides is 2. The lowest BCUT2D eigenvalue weighted by atomic mass is 10.1. The maximum absolute atomic E-state index is 13.3. The van der Waals surface area contributed by atoms with Gasteiger partial charge in [-0.3, -0.25) is 13.9 Å². The summed E-state index contributed by atoms with van der Waals surface area (Å²) in [5.74, 6) is 0.268. The second kappa shape index (κ2) is 14.5. The number of anilines is 1. The van der Waals surface area contributed by atoms with Crippen molar-refractivity contribution in [2.75, 3.05) is 30.3 Å². The van der Waals surface area contributed by atoms with E-state index in [0.29, 0.717) is 37.6 Å². The van der Waals surface area contributed by atoms with Crippen LogP contribution in [0.3, 0.4) is 0 Å². The standard InChI is InChI=1S/C27H39N3O5S/c1-5-7-19-28-27(32)22(3)29(21-23-12-9-8-10-13-23)26(31)14-11-20-30(36(4,33)34)24-15-17-25(18-16-24)35-6-2/h8-10,12-13,15-18,22H,5-7,11,14,19-21H2,1-4H3,(H,28,32)/t22-/m0/s1. The van der Waals surface area contributed by atoms with Gasteiger partial charge in [-0.1, -0.05) is 43.7 Å². The summed E-state index contributed by atoms with van der Waals surface area (Å²) in [5, 5.41) is 2.90. The zero-order chi connectivity index (χ0) is 26.6. The highest BCUT2D eigenvalue weighted by atomic mass is 32.2. The monoisotopic (exact) mass is 517 g/mol. The summed E-state index contributed by atoms with van der Waals surface area (Å²) in [5.41, 5.74) is 1.43. The molecule has 2 amide bonds. The largest absolute Gasteiger partial charge is 0.494 e. The highest BCUT2D eigenvalue weighted by Crippen LogP contribution is 2.22. The van der Waals surface area contributed by atoms with Gasteiger partial charge in [0.25, 0.3) is 0 Å². The zero-order valence-electron chi connectivity index (χ0n) is 21.8. The molecule has 36 heavy (non-hydrogen) atoms. The summed E-state index contributed by atoms with van der Waals surface area (Å²) in [4.78, 5) is 27.6. The molecule has 1 atom stereocenters. The SMILES string of the molecule is CCCCNC(=O)[C@H](C)N(Cc1ccccc1)C(=O)CCCN(c1ccc(OCC)cc1)S(C)(=O)=O. The molecule has 0 aromatic heterocycles. The minimum absolute atomic E-state index is 0.114. The molecule has 1 N–H and O–H groups in total. The summed E-state index contributed by atoms with van der Waals surface area (Å²) in [6.07, 6.45) is 3.41. The summed E-state index contributed by atoms with van der Waals surface area (Å²) in [6, 6.07) is 15.7. The van der Waals surface area contributed by atoms with Crippen molar-refractivity contribution >= 4 is 27.5 Å². The van der Waals surface area contributed by atoms with Crippen molar-refractivity contribution in [2.24, 2.45) is 0 Å². The molecule has 2 rings (SSSR count). The number of sulfonamides is 1. The van der Waals surface area contributed by atoms with Gasteiger partial charge >= 0.3 is 0 Å². The molecule has 0 aliphatic rings. The molecule has 2 aromatic carbocycles. The number of nitrogens with one attached hydrogen (secondary N) is 1. The number of rotatable bonds is 15. The fraction of sp³-hybridized carbons (Fsp3) is 0.481. The Morgan fingerprint density at radius 2 is 1.67 bits per heavy atom. The van der Waals surface area contributed by atoms with Crippen LogP contribution in [0.5, 0.6) is 5.75 Å². The van der Waals surface area contributed by atoms with Gasteiger partial charge in [-0.05, 0) is 56.5 Å². The Morgan fingerprint density at radius 1 is 1.00 bits per heavy atom. The molecule has 0 saturated heterocycles. The molecule has 9 heteroatoms. The minimum atomic E-state index is -3.55. The Bertz CT molecular complexity index is 1060. The third kappa shape index (κ3) is 9.18. The van der Waals surface area contributed by atoms with Gasteiger partial charge < -0.3 is 15.0 Å². The van der Waals surface area contributed by atoms with Crippen LogP contribution in [-0.4, -0.2) is 57.1 Å². The average molecular weight is 518 g/mol. The Morgan fingerprint density at radius 3 is 2.25 bits per heavy atom. The number of benzene rings is 2. The van der Waals surface area contributed by atoms with E-state index in [9.17, 15) is 18.0 Å². The molecule has 0 unspecified atom stereocenters. The van der Waals surface area contributed by atoms with Crippen molar-refractivity contribution in [1.29, 1.82) is 0 Å². The van der Waals surface area contributed by atoms with Crippen LogP contribution in [0.25, 0.3) is 0 Å². The number of carbonyl (C=O) groups is 2. The van der Waals surface area contributed by atoms with E-state index in [1.54, 1.807) is 36.1 Å². The predicted octanol–water partition coefficient (Wildman–Crippen LogP) is 3.97. The van der Waals surface area contributed by atoms with Gasteiger partial charge in [-0.15, -0.1) is 0 Å². The first-order valence-electron chi connectivity index (χ1n) is 12.5.